The maximum Gasteiger partial charge on any atom is 0.165 e. The zero-order chi connectivity index (χ0) is 11.4. The summed E-state index contributed by atoms with van der Waals surface area (Å²) < 4.78 is 7.40. The Morgan fingerprint density at radius 2 is 2.25 bits per heavy atom. The molecule has 2 rings (SSSR count). The maximum atomic E-state index is 5.51. The largest absolute Gasteiger partial charge is 0.360 e. The molecule has 6 heteroatoms. The highest BCUT2D eigenvalue weighted by molar-refractivity contribution is 7.98. The second-order valence-electron chi connectivity index (χ2n) is 3.38. The van der Waals surface area contributed by atoms with Crippen LogP contribution in [0.25, 0.3) is 11.2 Å². The Kier molecular flexibility index (Phi) is 3.74. The fraction of sp³-hybridized carbons (Fsp3) is 0.500. The number of aromatic nitrogens is 4. The number of aryl methyl sites for hydroxylation is 1. The Morgan fingerprint density at radius 1 is 1.38 bits per heavy atom. The monoisotopic (exact) mass is 238 g/mol. The van der Waals surface area contributed by atoms with Gasteiger partial charge >= 0.3 is 0 Å². The van der Waals surface area contributed by atoms with Crippen LogP contribution in [0.3, 0.4) is 0 Å². The fourth-order valence-corrected chi connectivity index (χ4v) is 1.68. The van der Waals surface area contributed by atoms with Crippen LogP contribution in [-0.2, 0) is 11.5 Å². The number of hydrogen-bond acceptors (Lipinski definition) is 5. The maximum absolute atomic E-state index is 5.51. The van der Waals surface area contributed by atoms with E-state index >= 15 is 0 Å². The molecule has 0 saturated heterocycles. The van der Waals surface area contributed by atoms with Crippen LogP contribution >= 0.6 is 11.8 Å². The van der Waals surface area contributed by atoms with Gasteiger partial charge in [0.05, 0.1) is 18.6 Å². The molecule has 0 aliphatic rings. The highest BCUT2D eigenvalue weighted by Crippen LogP contribution is 2.11. The lowest BCUT2D eigenvalue weighted by Crippen LogP contribution is -2.04. The second kappa shape index (κ2) is 5.27. The van der Waals surface area contributed by atoms with E-state index in [1.165, 1.54) is 0 Å². The SMILES string of the molecule is CSCCOCn1cnc2c(C)ncnc21. The number of thioether (sulfide) groups is 1. The van der Waals surface area contributed by atoms with E-state index in [4.69, 9.17) is 4.74 Å². The van der Waals surface area contributed by atoms with Gasteiger partial charge in [-0.25, -0.2) is 15.0 Å². The van der Waals surface area contributed by atoms with Crippen LogP contribution in [-0.4, -0.2) is 38.1 Å². The first-order chi connectivity index (χ1) is 7.83. The van der Waals surface area contributed by atoms with Crippen LogP contribution in [0.4, 0.5) is 0 Å². The smallest absolute Gasteiger partial charge is 0.165 e. The molecule has 2 heterocycles. The molecule has 2 aromatic heterocycles. The first-order valence-electron chi connectivity index (χ1n) is 5.02. The van der Waals surface area contributed by atoms with Gasteiger partial charge in [0.25, 0.3) is 0 Å². The molecule has 0 amide bonds. The van der Waals surface area contributed by atoms with Crippen molar-refractivity contribution in [2.24, 2.45) is 0 Å². The Bertz CT molecular complexity index is 471. The van der Waals surface area contributed by atoms with E-state index in [1.807, 2.05) is 11.5 Å². The Hall–Kier alpha value is -1.14. The van der Waals surface area contributed by atoms with Crippen molar-refractivity contribution in [3.05, 3.63) is 18.3 Å². The van der Waals surface area contributed by atoms with Gasteiger partial charge in [0.1, 0.15) is 18.6 Å². The van der Waals surface area contributed by atoms with Crippen molar-refractivity contribution in [1.29, 1.82) is 0 Å². The van der Waals surface area contributed by atoms with Crippen molar-refractivity contribution in [3.8, 4) is 0 Å². The van der Waals surface area contributed by atoms with Crippen molar-refractivity contribution in [1.82, 2.24) is 19.5 Å². The Labute approximate surface area is 98.3 Å². The molecule has 0 N–H and O–H groups in total. The summed E-state index contributed by atoms with van der Waals surface area (Å²) in [6, 6.07) is 0. The molecule has 5 nitrogen and oxygen atoms in total. The van der Waals surface area contributed by atoms with Gasteiger partial charge in [-0.3, -0.25) is 4.57 Å². The summed E-state index contributed by atoms with van der Waals surface area (Å²) in [7, 11) is 0. The van der Waals surface area contributed by atoms with Crippen LogP contribution in [0, 0.1) is 6.92 Å². The third-order valence-electron chi connectivity index (χ3n) is 2.25. The van der Waals surface area contributed by atoms with Crippen molar-refractivity contribution in [2.75, 3.05) is 18.6 Å². The predicted octanol–water partition coefficient (Wildman–Crippen LogP) is 1.47. The third-order valence-corrected chi connectivity index (χ3v) is 2.82. The molecule has 0 aliphatic heterocycles. The minimum absolute atomic E-state index is 0.494. The van der Waals surface area contributed by atoms with Crippen LogP contribution in [0.1, 0.15) is 5.69 Å². The normalized spacial score (nSPS) is 11.1. The number of rotatable bonds is 5. The minimum Gasteiger partial charge on any atom is -0.360 e. The van der Waals surface area contributed by atoms with E-state index in [-0.39, 0.29) is 0 Å². The lowest BCUT2D eigenvalue weighted by atomic mass is 10.4. The van der Waals surface area contributed by atoms with Crippen LogP contribution in [0.15, 0.2) is 12.7 Å². The zero-order valence-corrected chi connectivity index (χ0v) is 10.2. The lowest BCUT2D eigenvalue weighted by Gasteiger charge is -2.04. The van der Waals surface area contributed by atoms with E-state index in [2.05, 4.69) is 21.2 Å². The first-order valence-corrected chi connectivity index (χ1v) is 6.41. The summed E-state index contributed by atoms with van der Waals surface area (Å²) in [5.41, 5.74) is 2.57. The molecule has 0 atom stereocenters. The highest BCUT2D eigenvalue weighted by atomic mass is 32.2. The summed E-state index contributed by atoms with van der Waals surface area (Å²) in [6.07, 6.45) is 5.36. The van der Waals surface area contributed by atoms with Gasteiger partial charge in [-0.15, -0.1) is 0 Å². The second-order valence-corrected chi connectivity index (χ2v) is 4.36. The van der Waals surface area contributed by atoms with Gasteiger partial charge in [-0.2, -0.15) is 11.8 Å². The summed E-state index contributed by atoms with van der Waals surface area (Å²) in [4.78, 5) is 12.6. The highest BCUT2D eigenvalue weighted by Gasteiger charge is 2.06. The number of ether oxygens (including phenoxy) is 1. The van der Waals surface area contributed by atoms with E-state index in [1.54, 1.807) is 24.4 Å². The van der Waals surface area contributed by atoms with Crippen LogP contribution in [0.5, 0.6) is 0 Å². The standard InChI is InChI=1S/C10H14N4OS/c1-8-9-10(12-5-11-8)14(6-13-9)7-15-3-4-16-2/h5-6H,3-4,7H2,1-2H3. The van der Waals surface area contributed by atoms with Crippen LogP contribution in [0.2, 0.25) is 0 Å². The molecule has 0 spiro atoms. The third kappa shape index (κ3) is 2.33. The average molecular weight is 238 g/mol. The Balaban J connectivity index is 2.10. The number of nitrogens with zero attached hydrogens (tertiary/aromatic N) is 4. The summed E-state index contributed by atoms with van der Waals surface area (Å²) in [6.45, 7) is 3.16. The zero-order valence-electron chi connectivity index (χ0n) is 9.38. The molecule has 0 saturated carbocycles. The predicted molar refractivity (Wildman–Crippen MR) is 64.4 cm³/mol. The minimum atomic E-state index is 0.494. The summed E-state index contributed by atoms with van der Waals surface area (Å²) in [5, 5.41) is 0. The number of imidazole rings is 1. The molecule has 0 radical (unpaired) electrons. The molecular formula is C10H14N4OS. The molecule has 0 unspecified atom stereocenters. The van der Waals surface area contributed by atoms with Crippen molar-refractivity contribution in [2.45, 2.75) is 13.7 Å². The van der Waals surface area contributed by atoms with E-state index in [9.17, 15) is 0 Å². The molecule has 0 fully saturated rings. The first kappa shape index (κ1) is 11.3. The fourth-order valence-electron chi connectivity index (χ4n) is 1.40. The van der Waals surface area contributed by atoms with Gasteiger partial charge in [0, 0.05) is 5.75 Å². The van der Waals surface area contributed by atoms with E-state index in [0.717, 1.165) is 29.2 Å². The van der Waals surface area contributed by atoms with Gasteiger partial charge < -0.3 is 4.74 Å². The molecule has 16 heavy (non-hydrogen) atoms. The van der Waals surface area contributed by atoms with Gasteiger partial charge in [-0.1, -0.05) is 0 Å². The molecule has 0 aliphatic carbocycles. The summed E-state index contributed by atoms with van der Waals surface area (Å²) in [5.74, 6) is 1.00. The molecule has 0 aromatic carbocycles. The molecule has 86 valence electrons. The molecular weight excluding hydrogens is 224 g/mol. The average Bonchev–Trinajstić information content (AvgIpc) is 2.70. The quantitative estimate of drug-likeness (QED) is 0.738. The molecule has 2 aromatic rings. The van der Waals surface area contributed by atoms with Gasteiger partial charge in [0.15, 0.2) is 5.65 Å². The molecule has 0 bridgehead atoms. The van der Waals surface area contributed by atoms with Crippen molar-refractivity contribution in [3.63, 3.8) is 0 Å². The van der Waals surface area contributed by atoms with Crippen molar-refractivity contribution < 1.29 is 4.74 Å². The van der Waals surface area contributed by atoms with E-state index < -0.39 is 0 Å². The number of fused-ring (bicyclic) bond motifs is 1. The lowest BCUT2D eigenvalue weighted by molar-refractivity contribution is 0.0922. The Morgan fingerprint density at radius 3 is 3.06 bits per heavy atom. The number of hydrogen-bond donors (Lipinski definition) is 0. The van der Waals surface area contributed by atoms with E-state index in [0.29, 0.717) is 6.73 Å². The van der Waals surface area contributed by atoms with Gasteiger partial charge in [0.2, 0.25) is 0 Å². The van der Waals surface area contributed by atoms with Crippen molar-refractivity contribution >= 4 is 22.9 Å². The topological polar surface area (TPSA) is 52.8 Å². The van der Waals surface area contributed by atoms with Crippen LogP contribution < -0.4 is 0 Å². The summed E-state index contributed by atoms with van der Waals surface area (Å²) >= 11 is 1.77. The van der Waals surface area contributed by atoms with Gasteiger partial charge in [-0.05, 0) is 13.2 Å².